The number of nitrogens with zero attached hydrogens (tertiary/aromatic N) is 2. The van der Waals surface area contributed by atoms with Crippen LogP contribution in [0.15, 0.2) is 108 Å². The maximum atomic E-state index is 15.0. The Hall–Kier alpha value is -4.50. The third-order valence-electron chi connectivity index (χ3n) is 7.67. The van der Waals surface area contributed by atoms with E-state index in [1.807, 2.05) is 44.2 Å². The summed E-state index contributed by atoms with van der Waals surface area (Å²) in [7, 11) is -4.21. The van der Waals surface area contributed by atoms with Gasteiger partial charge in [-0.3, -0.25) is 13.9 Å². The molecule has 0 heterocycles. The Morgan fingerprint density at radius 2 is 1.49 bits per heavy atom. The van der Waals surface area contributed by atoms with Crippen LogP contribution in [0.25, 0.3) is 0 Å². The number of aryl methyl sites for hydroxylation is 2. The number of nitrogens with one attached hydrogen (secondary N) is 1. The van der Waals surface area contributed by atoms with E-state index in [9.17, 15) is 18.0 Å². The first kappa shape index (κ1) is 33.4. The molecule has 2 amide bonds. The van der Waals surface area contributed by atoms with Gasteiger partial charge in [0.25, 0.3) is 10.0 Å². The van der Waals surface area contributed by atoms with Gasteiger partial charge in [0.05, 0.1) is 10.6 Å². The molecule has 0 saturated heterocycles. The summed E-state index contributed by atoms with van der Waals surface area (Å²) in [6.45, 7) is 5.24. The highest BCUT2D eigenvalue weighted by atomic mass is 32.2. The summed E-state index contributed by atoms with van der Waals surface area (Å²) >= 11 is 0. The van der Waals surface area contributed by atoms with Crippen molar-refractivity contribution in [2.24, 2.45) is 0 Å². The van der Waals surface area contributed by atoms with Gasteiger partial charge in [0.2, 0.25) is 11.8 Å². The first-order valence-corrected chi connectivity index (χ1v) is 16.6. The number of sulfonamides is 1. The molecular weight excluding hydrogens is 589 g/mol. The standard InChI is InChI=1S/C36H40FN3O4S/c1-4-5-23-38-36(42)34(24-29-14-7-6-8-15-29)39(25-30-16-10-11-17-32(30)37)35(41)26-40(33-18-12-9-13-28(33)3)45(43,44)31-21-19-27(2)20-22-31/h6-22,34H,4-5,23-26H2,1-3H3,(H,38,42). The van der Waals surface area contributed by atoms with E-state index in [1.54, 1.807) is 61.5 Å². The second-order valence-corrected chi connectivity index (χ2v) is 12.9. The van der Waals surface area contributed by atoms with Crippen molar-refractivity contribution in [3.63, 3.8) is 0 Å². The highest BCUT2D eigenvalue weighted by Gasteiger charge is 2.35. The van der Waals surface area contributed by atoms with Crippen LogP contribution < -0.4 is 9.62 Å². The van der Waals surface area contributed by atoms with Crippen LogP contribution in [0, 0.1) is 19.7 Å². The van der Waals surface area contributed by atoms with Crippen LogP contribution in [-0.2, 0) is 32.6 Å². The van der Waals surface area contributed by atoms with Crippen LogP contribution in [0.1, 0.15) is 42.0 Å². The summed E-state index contributed by atoms with van der Waals surface area (Å²) in [4.78, 5) is 29.6. The summed E-state index contributed by atoms with van der Waals surface area (Å²) in [5.41, 5.74) is 2.90. The molecule has 0 radical (unpaired) electrons. The molecule has 0 aromatic heterocycles. The quantitative estimate of drug-likeness (QED) is 0.169. The zero-order valence-corrected chi connectivity index (χ0v) is 26.8. The van der Waals surface area contributed by atoms with Crippen molar-refractivity contribution in [1.82, 2.24) is 10.2 Å². The maximum absolute atomic E-state index is 15.0. The molecule has 236 valence electrons. The van der Waals surface area contributed by atoms with E-state index in [-0.39, 0.29) is 29.3 Å². The largest absolute Gasteiger partial charge is 0.354 e. The van der Waals surface area contributed by atoms with Gasteiger partial charge < -0.3 is 10.2 Å². The number of para-hydroxylation sites is 1. The first-order chi connectivity index (χ1) is 21.6. The van der Waals surface area contributed by atoms with Crippen molar-refractivity contribution in [1.29, 1.82) is 0 Å². The van der Waals surface area contributed by atoms with Gasteiger partial charge in [-0.25, -0.2) is 12.8 Å². The Bertz CT molecular complexity index is 1700. The summed E-state index contributed by atoms with van der Waals surface area (Å²) in [5.74, 6) is -1.55. The summed E-state index contributed by atoms with van der Waals surface area (Å²) in [6.07, 6.45) is 1.78. The molecule has 0 aliphatic carbocycles. The van der Waals surface area contributed by atoms with Gasteiger partial charge >= 0.3 is 0 Å². The van der Waals surface area contributed by atoms with Gasteiger partial charge in [0.1, 0.15) is 18.4 Å². The molecule has 4 aromatic rings. The van der Waals surface area contributed by atoms with Gasteiger partial charge in [-0.2, -0.15) is 0 Å². The second-order valence-electron chi connectivity index (χ2n) is 11.1. The lowest BCUT2D eigenvalue weighted by molar-refractivity contribution is -0.140. The minimum Gasteiger partial charge on any atom is -0.354 e. The monoisotopic (exact) mass is 629 g/mol. The number of halogens is 1. The predicted octanol–water partition coefficient (Wildman–Crippen LogP) is 6.19. The molecule has 9 heteroatoms. The average Bonchev–Trinajstić information content (AvgIpc) is 3.03. The molecule has 0 spiro atoms. The number of amides is 2. The lowest BCUT2D eigenvalue weighted by Crippen LogP contribution is -2.53. The fraction of sp³-hybridized carbons (Fsp3) is 0.278. The lowest BCUT2D eigenvalue weighted by atomic mass is 10.0. The van der Waals surface area contributed by atoms with Crippen molar-refractivity contribution < 1.29 is 22.4 Å². The third kappa shape index (κ3) is 8.57. The molecule has 1 unspecified atom stereocenters. The lowest BCUT2D eigenvalue weighted by Gasteiger charge is -2.34. The van der Waals surface area contributed by atoms with Crippen LogP contribution in [0.4, 0.5) is 10.1 Å². The van der Waals surface area contributed by atoms with E-state index in [0.29, 0.717) is 17.8 Å². The normalized spacial score (nSPS) is 11.9. The Morgan fingerprint density at radius 1 is 0.844 bits per heavy atom. The molecule has 1 N–H and O–H groups in total. The van der Waals surface area contributed by atoms with Gasteiger partial charge in [-0.1, -0.05) is 97.8 Å². The van der Waals surface area contributed by atoms with Crippen molar-refractivity contribution in [3.8, 4) is 0 Å². The fourth-order valence-electron chi connectivity index (χ4n) is 5.06. The molecule has 0 saturated carbocycles. The molecule has 0 bridgehead atoms. The van der Waals surface area contributed by atoms with Crippen molar-refractivity contribution in [2.75, 3.05) is 17.4 Å². The van der Waals surface area contributed by atoms with Crippen LogP contribution in [0.3, 0.4) is 0 Å². The van der Waals surface area contributed by atoms with E-state index in [2.05, 4.69) is 5.32 Å². The molecule has 0 aliphatic rings. The molecule has 7 nitrogen and oxygen atoms in total. The van der Waals surface area contributed by atoms with E-state index < -0.39 is 34.3 Å². The van der Waals surface area contributed by atoms with Crippen molar-refractivity contribution >= 4 is 27.5 Å². The predicted molar refractivity (Wildman–Crippen MR) is 176 cm³/mol. The minimum atomic E-state index is -4.21. The average molecular weight is 630 g/mol. The van der Waals surface area contributed by atoms with E-state index in [0.717, 1.165) is 28.3 Å². The molecule has 0 aliphatic heterocycles. The molecule has 0 fully saturated rings. The molecule has 1 atom stereocenters. The van der Waals surface area contributed by atoms with E-state index >= 15 is 4.39 Å². The Kier molecular flexibility index (Phi) is 11.5. The topological polar surface area (TPSA) is 86.8 Å². The van der Waals surface area contributed by atoms with E-state index in [1.165, 1.54) is 23.1 Å². The van der Waals surface area contributed by atoms with Crippen molar-refractivity contribution in [2.45, 2.75) is 57.5 Å². The smallest absolute Gasteiger partial charge is 0.264 e. The number of anilines is 1. The number of hydrogen-bond acceptors (Lipinski definition) is 4. The molecule has 45 heavy (non-hydrogen) atoms. The summed E-state index contributed by atoms with van der Waals surface area (Å²) in [5, 5.41) is 2.94. The maximum Gasteiger partial charge on any atom is 0.264 e. The fourth-order valence-corrected chi connectivity index (χ4v) is 6.54. The number of carbonyl (C=O) groups is 2. The highest BCUT2D eigenvalue weighted by Crippen LogP contribution is 2.28. The van der Waals surface area contributed by atoms with Gasteiger partial charge in [0, 0.05) is 25.1 Å². The molecular formula is C36H40FN3O4S. The van der Waals surface area contributed by atoms with Crippen molar-refractivity contribution in [3.05, 3.63) is 131 Å². The van der Waals surface area contributed by atoms with Gasteiger partial charge in [0.15, 0.2) is 0 Å². The zero-order chi connectivity index (χ0) is 32.4. The number of benzene rings is 4. The SMILES string of the molecule is CCCCNC(=O)C(Cc1ccccc1)N(Cc1ccccc1F)C(=O)CN(c1ccccc1C)S(=O)(=O)c1ccc(C)cc1. The summed E-state index contributed by atoms with van der Waals surface area (Å²) < 4.78 is 44.4. The minimum absolute atomic E-state index is 0.0305. The Morgan fingerprint density at radius 3 is 2.16 bits per heavy atom. The zero-order valence-electron chi connectivity index (χ0n) is 25.9. The Labute approximate surface area is 265 Å². The molecule has 4 aromatic carbocycles. The van der Waals surface area contributed by atoms with Gasteiger partial charge in [-0.05, 0) is 55.7 Å². The first-order valence-electron chi connectivity index (χ1n) is 15.1. The number of hydrogen-bond donors (Lipinski definition) is 1. The third-order valence-corrected chi connectivity index (χ3v) is 9.45. The number of unbranched alkanes of at least 4 members (excludes halogenated alkanes) is 1. The number of rotatable bonds is 14. The Balaban J connectivity index is 1.80. The second kappa shape index (κ2) is 15.5. The number of carbonyl (C=O) groups excluding carboxylic acids is 2. The summed E-state index contributed by atoms with van der Waals surface area (Å²) in [6, 6.07) is 27.7. The van der Waals surface area contributed by atoms with E-state index in [4.69, 9.17) is 0 Å². The van der Waals surface area contributed by atoms with Crippen LogP contribution >= 0.6 is 0 Å². The van der Waals surface area contributed by atoms with Gasteiger partial charge in [-0.15, -0.1) is 0 Å². The van der Waals surface area contributed by atoms with Crippen LogP contribution in [0.2, 0.25) is 0 Å². The molecule has 4 rings (SSSR count). The van der Waals surface area contributed by atoms with Crippen LogP contribution in [-0.4, -0.2) is 44.3 Å². The highest BCUT2D eigenvalue weighted by molar-refractivity contribution is 7.92. The van der Waals surface area contributed by atoms with Crippen LogP contribution in [0.5, 0.6) is 0 Å².